The van der Waals surface area contributed by atoms with Crippen molar-refractivity contribution in [3.05, 3.63) is 42.0 Å². The van der Waals surface area contributed by atoms with Crippen LogP contribution in [0.5, 0.6) is 5.75 Å². The maximum absolute atomic E-state index is 14.1. The molecule has 3 rings (SSSR count). The van der Waals surface area contributed by atoms with E-state index in [-0.39, 0.29) is 11.6 Å². The Hall–Kier alpha value is -2.67. The first-order valence-corrected chi connectivity index (χ1v) is 7.08. The fourth-order valence-electron chi connectivity index (χ4n) is 2.21. The first-order chi connectivity index (χ1) is 11.2. The van der Waals surface area contributed by atoms with E-state index in [0.717, 1.165) is 6.42 Å². The maximum Gasteiger partial charge on any atom is 0.340 e. The van der Waals surface area contributed by atoms with Crippen LogP contribution < -0.4 is 4.74 Å². The van der Waals surface area contributed by atoms with E-state index >= 15 is 0 Å². The van der Waals surface area contributed by atoms with Crippen molar-refractivity contribution in [2.45, 2.75) is 18.9 Å². The van der Waals surface area contributed by atoms with Gasteiger partial charge in [0.05, 0.1) is 5.56 Å². The number of aromatic nitrogens is 2. The number of rotatable bonds is 4. The Morgan fingerprint density at radius 2 is 2.13 bits per heavy atom. The zero-order valence-electron chi connectivity index (χ0n) is 12.1. The number of nitrogens with zero attached hydrogens (tertiary/aromatic N) is 2. The molecule has 0 radical (unpaired) electrons. The van der Waals surface area contributed by atoms with Crippen molar-refractivity contribution in [2.24, 2.45) is 0 Å². The number of carbonyl (C=O) groups is 2. The number of aldehydes is 1. The molecule has 0 bridgehead atoms. The Kier molecular flexibility index (Phi) is 4.38. The molecule has 7 heteroatoms. The molecule has 0 N–H and O–H groups in total. The maximum atomic E-state index is 14.1. The molecule has 1 atom stereocenters. The monoisotopic (exact) mass is 316 g/mol. The highest BCUT2D eigenvalue weighted by molar-refractivity contribution is 5.78. The summed E-state index contributed by atoms with van der Waals surface area (Å²) in [6.07, 6.45) is 4.05. The first kappa shape index (κ1) is 15.2. The highest BCUT2D eigenvalue weighted by atomic mass is 19.1. The highest BCUT2D eigenvalue weighted by Gasteiger charge is 2.26. The highest BCUT2D eigenvalue weighted by Crippen LogP contribution is 2.24. The molecule has 23 heavy (non-hydrogen) atoms. The summed E-state index contributed by atoms with van der Waals surface area (Å²) >= 11 is 0. The summed E-state index contributed by atoms with van der Waals surface area (Å²) in [7, 11) is 0. The number of benzene rings is 1. The van der Waals surface area contributed by atoms with Gasteiger partial charge in [0.15, 0.2) is 29.8 Å². The third-order valence-corrected chi connectivity index (χ3v) is 3.40. The van der Waals surface area contributed by atoms with Gasteiger partial charge in [-0.2, -0.15) is 0 Å². The predicted molar refractivity (Wildman–Crippen MR) is 77.4 cm³/mol. The summed E-state index contributed by atoms with van der Waals surface area (Å²) in [4.78, 5) is 30.3. The number of ether oxygens (including phenoxy) is 2. The third kappa shape index (κ3) is 3.40. The smallest absolute Gasteiger partial charge is 0.340 e. The number of hydrogen-bond acceptors (Lipinski definition) is 6. The van der Waals surface area contributed by atoms with Crippen molar-refractivity contribution in [3.8, 4) is 17.1 Å². The van der Waals surface area contributed by atoms with Crippen LogP contribution in [0, 0.1) is 5.82 Å². The summed E-state index contributed by atoms with van der Waals surface area (Å²) < 4.78 is 24.3. The number of hydrogen-bond donors (Lipinski definition) is 0. The van der Waals surface area contributed by atoms with Crippen LogP contribution >= 0.6 is 0 Å². The Labute approximate surface area is 131 Å². The summed E-state index contributed by atoms with van der Waals surface area (Å²) in [6, 6.07) is 4.06. The zero-order valence-corrected chi connectivity index (χ0v) is 12.1. The van der Waals surface area contributed by atoms with Gasteiger partial charge in [0.25, 0.3) is 0 Å². The largest absolute Gasteiger partial charge is 0.421 e. The van der Waals surface area contributed by atoms with Crippen LogP contribution in [0.25, 0.3) is 11.4 Å². The summed E-state index contributed by atoms with van der Waals surface area (Å²) in [5, 5.41) is 0. The predicted octanol–water partition coefficient (Wildman–Crippen LogP) is 2.18. The standard InChI is InChI=1S/C16H13FN2O4/c17-12-6-11(15-18-7-10(9-20)8-19-15)3-4-13(12)23-16(21)14-2-1-5-22-14/h3-4,6-9,14H,1-2,5H2. The van der Waals surface area contributed by atoms with E-state index in [1.165, 1.54) is 30.6 Å². The second kappa shape index (κ2) is 6.62. The van der Waals surface area contributed by atoms with Gasteiger partial charge in [0.1, 0.15) is 0 Å². The normalized spacial score (nSPS) is 17.0. The molecule has 0 spiro atoms. The lowest BCUT2D eigenvalue weighted by atomic mass is 10.2. The number of halogens is 1. The minimum absolute atomic E-state index is 0.168. The van der Waals surface area contributed by atoms with Gasteiger partial charge in [0.2, 0.25) is 0 Å². The van der Waals surface area contributed by atoms with E-state index in [4.69, 9.17) is 9.47 Å². The van der Waals surface area contributed by atoms with Crippen molar-refractivity contribution in [1.29, 1.82) is 0 Å². The molecular formula is C16H13FN2O4. The molecule has 1 aromatic carbocycles. The molecule has 0 aliphatic carbocycles. The molecule has 118 valence electrons. The molecule has 2 aromatic rings. The van der Waals surface area contributed by atoms with Gasteiger partial charge in [-0.25, -0.2) is 19.2 Å². The fourth-order valence-corrected chi connectivity index (χ4v) is 2.21. The molecule has 2 heterocycles. The van der Waals surface area contributed by atoms with E-state index in [0.29, 0.717) is 30.4 Å². The Bertz CT molecular complexity index is 727. The zero-order chi connectivity index (χ0) is 16.2. The van der Waals surface area contributed by atoms with E-state index in [2.05, 4.69) is 9.97 Å². The van der Waals surface area contributed by atoms with E-state index in [1.54, 1.807) is 0 Å². The first-order valence-electron chi connectivity index (χ1n) is 7.08. The molecule has 1 aliphatic rings. The van der Waals surface area contributed by atoms with Gasteiger partial charge in [-0.3, -0.25) is 4.79 Å². The van der Waals surface area contributed by atoms with Gasteiger partial charge in [-0.15, -0.1) is 0 Å². The molecule has 0 saturated carbocycles. The molecule has 1 aliphatic heterocycles. The topological polar surface area (TPSA) is 78.4 Å². The molecule has 0 amide bonds. The number of carbonyl (C=O) groups excluding carboxylic acids is 2. The lowest BCUT2D eigenvalue weighted by molar-refractivity contribution is -0.144. The third-order valence-electron chi connectivity index (χ3n) is 3.40. The van der Waals surface area contributed by atoms with Crippen LogP contribution in [0.1, 0.15) is 23.2 Å². The Balaban J connectivity index is 1.76. The van der Waals surface area contributed by atoms with Crippen molar-refractivity contribution in [2.75, 3.05) is 6.61 Å². The van der Waals surface area contributed by atoms with Crippen molar-refractivity contribution in [3.63, 3.8) is 0 Å². The van der Waals surface area contributed by atoms with E-state index in [1.807, 2.05) is 0 Å². The van der Waals surface area contributed by atoms with Crippen LogP contribution in [0.2, 0.25) is 0 Å². The lowest BCUT2D eigenvalue weighted by Gasteiger charge is -2.10. The molecule has 1 unspecified atom stereocenters. The Morgan fingerprint density at radius 3 is 2.74 bits per heavy atom. The average molecular weight is 316 g/mol. The van der Waals surface area contributed by atoms with Crippen LogP contribution in [0.4, 0.5) is 4.39 Å². The van der Waals surface area contributed by atoms with Gasteiger partial charge >= 0.3 is 5.97 Å². The van der Waals surface area contributed by atoms with E-state index in [9.17, 15) is 14.0 Å². The quantitative estimate of drug-likeness (QED) is 0.489. The van der Waals surface area contributed by atoms with Gasteiger partial charge in [-0.1, -0.05) is 0 Å². The number of esters is 1. The van der Waals surface area contributed by atoms with Gasteiger partial charge in [0, 0.05) is 24.6 Å². The van der Waals surface area contributed by atoms with Crippen LogP contribution in [0.3, 0.4) is 0 Å². The average Bonchev–Trinajstić information content (AvgIpc) is 3.11. The van der Waals surface area contributed by atoms with Crippen LogP contribution in [-0.4, -0.2) is 34.9 Å². The summed E-state index contributed by atoms with van der Waals surface area (Å²) in [5.41, 5.74) is 0.744. The second-order valence-corrected chi connectivity index (χ2v) is 5.03. The Morgan fingerprint density at radius 1 is 1.35 bits per heavy atom. The SMILES string of the molecule is O=Cc1cnc(-c2ccc(OC(=O)C3CCCO3)c(F)c2)nc1. The van der Waals surface area contributed by atoms with Crippen molar-refractivity contribution >= 4 is 12.3 Å². The lowest BCUT2D eigenvalue weighted by Crippen LogP contribution is -2.25. The fraction of sp³-hybridized carbons (Fsp3) is 0.250. The van der Waals surface area contributed by atoms with Crippen LogP contribution in [0.15, 0.2) is 30.6 Å². The molecule has 6 nitrogen and oxygen atoms in total. The van der Waals surface area contributed by atoms with E-state index < -0.39 is 17.9 Å². The summed E-state index contributed by atoms with van der Waals surface area (Å²) in [5.74, 6) is -1.19. The van der Waals surface area contributed by atoms with Crippen molar-refractivity contribution < 1.29 is 23.5 Å². The van der Waals surface area contributed by atoms with Crippen molar-refractivity contribution in [1.82, 2.24) is 9.97 Å². The molecular weight excluding hydrogens is 303 g/mol. The minimum Gasteiger partial charge on any atom is -0.421 e. The van der Waals surface area contributed by atoms with Gasteiger partial charge < -0.3 is 9.47 Å². The second-order valence-electron chi connectivity index (χ2n) is 5.03. The molecule has 1 aromatic heterocycles. The van der Waals surface area contributed by atoms with Crippen LogP contribution in [-0.2, 0) is 9.53 Å². The van der Waals surface area contributed by atoms with Gasteiger partial charge in [-0.05, 0) is 31.0 Å². The molecule has 1 saturated heterocycles. The molecule has 1 fully saturated rings. The minimum atomic E-state index is -0.697. The summed E-state index contributed by atoms with van der Waals surface area (Å²) in [6.45, 7) is 0.509.